The van der Waals surface area contributed by atoms with Gasteiger partial charge in [0.1, 0.15) is 13.2 Å². The third kappa shape index (κ3) is 4.56. The molecule has 1 aromatic carbocycles. The molecule has 1 N–H and O–H groups in total. The van der Waals surface area contributed by atoms with Gasteiger partial charge in [-0.15, -0.1) is 10.2 Å². The van der Waals surface area contributed by atoms with E-state index < -0.39 is 0 Å². The third-order valence-corrected chi connectivity index (χ3v) is 5.13. The Morgan fingerprint density at radius 3 is 2.79 bits per heavy atom. The van der Waals surface area contributed by atoms with E-state index in [2.05, 4.69) is 29.4 Å². The summed E-state index contributed by atoms with van der Waals surface area (Å²) in [6.45, 7) is 6.01. The van der Waals surface area contributed by atoms with Gasteiger partial charge in [-0.25, -0.2) is 0 Å². The van der Waals surface area contributed by atoms with Gasteiger partial charge in [0.05, 0.1) is 12.0 Å². The molecule has 0 aliphatic carbocycles. The monoisotopic (exact) mass is 414 g/mol. The number of anilines is 1. The van der Waals surface area contributed by atoms with Crippen LogP contribution in [0.3, 0.4) is 0 Å². The third-order valence-electron chi connectivity index (χ3n) is 4.16. The minimum Gasteiger partial charge on any atom is -0.486 e. The Kier molecular flexibility index (Phi) is 5.75. The average molecular weight is 414 g/mol. The van der Waals surface area contributed by atoms with Gasteiger partial charge < -0.3 is 19.2 Å². The summed E-state index contributed by atoms with van der Waals surface area (Å²) in [7, 11) is 0. The van der Waals surface area contributed by atoms with Crippen LogP contribution in [0.4, 0.5) is 5.69 Å². The van der Waals surface area contributed by atoms with Gasteiger partial charge in [-0.05, 0) is 30.2 Å². The van der Waals surface area contributed by atoms with E-state index >= 15 is 0 Å². The predicted octanol–water partition coefficient (Wildman–Crippen LogP) is 3.70. The second kappa shape index (κ2) is 8.60. The van der Waals surface area contributed by atoms with Gasteiger partial charge in [-0.1, -0.05) is 25.6 Å². The first kappa shape index (κ1) is 19.4. The van der Waals surface area contributed by atoms with Gasteiger partial charge in [0, 0.05) is 18.3 Å². The quantitative estimate of drug-likeness (QED) is 0.590. The van der Waals surface area contributed by atoms with Crippen LogP contribution in [0.5, 0.6) is 11.5 Å². The molecule has 0 bridgehead atoms. The standard InChI is InChI=1S/C20H22N4O4S/c1-13(2)11-24-19(16-4-3-7-26-16)22-23-20(24)29-12-18(25)21-14-5-6-15-17(10-14)28-9-8-27-15/h3-7,10,13H,8-9,11-12H2,1-2H3,(H,21,25). The molecule has 1 aliphatic heterocycles. The van der Waals surface area contributed by atoms with Crippen molar-refractivity contribution >= 4 is 23.4 Å². The first-order chi connectivity index (χ1) is 14.1. The van der Waals surface area contributed by atoms with Crippen LogP contribution in [0.25, 0.3) is 11.6 Å². The Labute approximate surface area is 172 Å². The fourth-order valence-electron chi connectivity index (χ4n) is 2.96. The normalized spacial score (nSPS) is 12.9. The molecule has 0 fully saturated rings. The van der Waals surface area contributed by atoms with Gasteiger partial charge in [-0.2, -0.15) is 0 Å². The summed E-state index contributed by atoms with van der Waals surface area (Å²) in [5.41, 5.74) is 0.666. The molecule has 1 aliphatic rings. The van der Waals surface area contributed by atoms with E-state index in [4.69, 9.17) is 13.9 Å². The Hall–Kier alpha value is -2.94. The Bertz CT molecular complexity index is 985. The van der Waals surface area contributed by atoms with E-state index in [-0.39, 0.29) is 11.7 Å². The SMILES string of the molecule is CC(C)Cn1c(SCC(=O)Nc2ccc3c(c2)OCCO3)nnc1-c1ccco1. The summed E-state index contributed by atoms with van der Waals surface area (Å²) >= 11 is 1.34. The van der Waals surface area contributed by atoms with E-state index in [9.17, 15) is 4.79 Å². The van der Waals surface area contributed by atoms with Gasteiger partial charge >= 0.3 is 0 Å². The van der Waals surface area contributed by atoms with Crippen molar-refractivity contribution < 1.29 is 18.7 Å². The summed E-state index contributed by atoms with van der Waals surface area (Å²) in [6.07, 6.45) is 1.61. The number of nitrogens with one attached hydrogen (secondary N) is 1. The van der Waals surface area contributed by atoms with Crippen molar-refractivity contribution in [3.8, 4) is 23.1 Å². The fraction of sp³-hybridized carbons (Fsp3) is 0.350. The number of furan rings is 1. The van der Waals surface area contributed by atoms with Crippen molar-refractivity contribution in [2.45, 2.75) is 25.5 Å². The molecule has 29 heavy (non-hydrogen) atoms. The second-order valence-electron chi connectivity index (χ2n) is 6.98. The van der Waals surface area contributed by atoms with Crippen LogP contribution in [0.15, 0.2) is 46.2 Å². The zero-order valence-corrected chi connectivity index (χ0v) is 17.1. The minimum absolute atomic E-state index is 0.134. The molecule has 0 unspecified atom stereocenters. The van der Waals surface area contributed by atoms with Gasteiger partial charge in [-0.3, -0.25) is 9.36 Å². The molecule has 4 rings (SSSR count). The molecule has 0 saturated heterocycles. The first-order valence-electron chi connectivity index (χ1n) is 9.39. The lowest BCUT2D eigenvalue weighted by Gasteiger charge is -2.19. The lowest BCUT2D eigenvalue weighted by atomic mass is 10.2. The minimum atomic E-state index is -0.134. The number of hydrogen-bond donors (Lipinski definition) is 1. The summed E-state index contributed by atoms with van der Waals surface area (Å²) in [4.78, 5) is 12.4. The summed E-state index contributed by atoms with van der Waals surface area (Å²) in [5.74, 6) is 3.13. The molecule has 152 valence electrons. The number of ether oxygens (including phenoxy) is 2. The van der Waals surface area contributed by atoms with Crippen LogP contribution in [-0.2, 0) is 11.3 Å². The highest BCUT2D eigenvalue weighted by molar-refractivity contribution is 7.99. The van der Waals surface area contributed by atoms with Crippen molar-refractivity contribution in [2.75, 3.05) is 24.3 Å². The molecule has 0 saturated carbocycles. The molecule has 9 heteroatoms. The summed E-state index contributed by atoms with van der Waals surface area (Å²) in [5, 5.41) is 12.1. The molecule has 2 aromatic heterocycles. The van der Waals surface area contributed by atoms with Crippen LogP contribution in [0, 0.1) is 5.92 Å². The second-order valence-corrected chi connectivity index (χ2v) is 7.93. The molecule has 0 spiro atoms. The molecular weight excluding hydrogens is 392 g/mol. The fourth-order valence-corrected chi connectivity index (χ4v) is 3.71. The van der Waals surface area contributed by atoms with Crippen LogP contribution >= 0.6 is 11.8 Å². The maximum absolute atomic E-state index is 12.4. The zero-order chi connectivity index (χ0) is 20.2. The summed E-state index contributed by atoms with van der Waals surface area (Å²) < 4.78 is 18.5. The van der Waals surface area contributed by atoms with Gasteiger partial charge in [0.15, 0.2) is 28.2 Å². The van der Waals surface area contributed by atoms with E-state index in [1.54, 1.807) is 24.5 Å². The molecular formula is C20H22N4O4S. The highest BCUT2D eigenvalue weighted by Gasteiger charge is 2.18. The number of thioether (sulfide) groups is 1. The predicted molar refractivity (Wildman–Crippen MR) is 109 cm³/mol. The van der Waals surface area contributed by atoms with Crippen molar-refractivity contribution in [3.05, 3.63) is 36.6 Å². The molecule has 3 aromatic rings. The van der Waals surface area contributed by atoms with Crippen LogP contribution < -0.4 is 14.8 Å². The number of hydrogen-bond acceptors (Lipinski definition) is 7. The Morgan fingerprint density at radius 1 is 1.21 bits per heavy atom. The number of benzene rings is 1. The molecule has 8 nitrogen and oxygen atoms in total. The number of amides is 1. The Morgan fingerprint density at radius 2 is 2.03 bits per heavy atom. The smallest absolute Gasteiger partial charge is 0.234 e. The van der Waals surface area contributed by atoms with Crippen LogP contribution in [0.2, 0.25) is 0 Å². The first-order valence-corrected chi connectivity index (χ1v) is 10.4. The average Bonchev–Trinajstić information content (AvgIpc) is 3.36. The van der Waals surface area contributed by atoms with Crippen LogP contribution in [0.1, 0.15) is 13.8 Å². The molecule has 0 atom stereocenters. The Balaban J connectivity index is 1.42. The number of aromatic nitrogens is 3. The van der Waals surface area contributed by atoms with Gasteiger partial charge in [0.2, 0.25) is 5.91 Å². The highest BCUT2D eigenvalue weighted by Crippen LogP contribution is 2.32. The van der Waals surface area contributed by atoms with Crippen molar-refractivity contribution in [1.29, 1.82) is 0 Å². The molecule has 3 heterocycles. The number of rotatable bonds is 7. The van der Waals surface area contributed by atoms with Crippen molar-refractivity contribution in [1.82, 2.24) is 14.8 Å². The number of fused-ring (bicyclic) bond motifs is 1. The largest absolute Gasteiger partial charge is 0.486 e. The number of carbonyl (C=O) groups excluding carboxylic acids is 1. The highest BCUT2D eigenvalue weighted by atomic mass is 32.2. The van der Waals surface area contributed by atoms with E-state index in [1.807, 2.05) is 16.7 Å². The van der Waals surface area contributed by atoms with Crippen molar-refractivity contribution in [2.24, 2.45) is 5.92 Å². The number of nitrogens with zero attached hydrogens (tertiary/aromatic N) is 3. The maximum Gasteiger partial charge on any atom is 0.234 e. The van der Waals surface area contributed by atoms with E-state index in [1.165, 1.54) is 11.8 Å². The lowest BCUT2D eigenvalue weighted by molar-refractivity contribution is -0.113. The molecule has 1 amide bonds. The van der Waals surface area contributed by atoms with E-state index in [0.717, 1.165) is 6.54 Å². The molecule has 0 radical (unpaired) electrons. The van der Waals surface area contributed by atoms with Gasteiger partial charge in [0.25, 0.3) is 0 Å². The topological polar surface area (TPSA) is 91.4 Å². The van der Waals surface area contributed by atoms with Crippen LogP contribution in [-0.4, -0.2) is 39.6 Å². The number of carbonyl (C=O) groups is 1. The summed E-state index contributed by atoms with van der Waals surface area (Å²) in [6, 6.07) is 9.03. The zero-order valence-electron chi connectivity index (χ0n) is 16.3. The maximum atomic E-state index is 12.4. The van der Waals surface area contributed by atoms with E-state index in [0.29, 0.717) is 53.1 Å². The lowest BCUT2D eigenvalue weighted by Crippen LogP contribution is -2.17. The van der Waals surface area contributed by atoms with Crippen molar-refractivity contribution in [3.63, 3.8) is 0 Å².